The zero-order chi connectivity index (χ0) is 23.4. The summed E-state index contributed by atoms with van der Waals surface area (Å²) in [5, 5.41) is 0. The van der Waals surface area contributed by atoms with E-state index in [1.807, 2.05) is 36.5 Å². The van der Waals surface area contributed by atoms with Gasteiger partial charge >= 0.3 is 0 Å². The minimum absolute atomic E-state index is 0.137. The van der Waals surface area contributed by atoms with E-state index in [1.54, 1.807) is 26.0 Å². The van der Waals surface area contributed by atoms with Crippen LogP contribution in [0.15, 0.2) is 42.7 Å². The molecule has 0 aliphatic carbocycles. The molecule has 0 spiro atoms. The average Bonchev–Trinajstić information content (AvgIpc) is 2.84. The summed E-state index contributed by atoms with van der Waals surface area (Å²) in [6.45, 7) is 3.07. The highest BCUT2D eigenvalue weighted by molar-refractivity contribution is 5.95. The van der Waals surface area contributed by atoms with Gasteiger partial charge in [0.05, 0.1) is 44.3 Å². The average molecular weight is 450 g/mol. The van der Waals surface area contributed by atoms with Crippen LogP contribution in [-0.2, 0) is 11.2 Å². The quantitative estimate of drug-likeness (QED) is 0.611. The van der Waals surface area contributed by atoms with Crippen molar-refractivity contribution in [3.63, 3.8) is 0 Å². The molecule has 1 saturated heterocycles. The highest BCUT2D eigenvalue weighted by Crippen LogP contribution is 2.27. The SMILES string of the molecule is COc1ccc(OC)c(Cc2ccc(C3CN(C(=O)c4cnc(N)nc4C)CCO3)nc2)c1. The van der Waals surface area contributed by atoms with Crippen molar-refractivity contribution < 1.29 is 19.0 Å². The van der Waals surface area contributed by atoms with Gasteiger partial charge in [-0.1, -0.05) is 6.07 Å². The number of aryl methyl sites for hydroxylation is 1. The number of benzene rings is 1. The van der Waals surface area contributed by atoms with E-state index in [4.69, 9.17) is 19.9 Å². The van der Waals surface area contributed by atoms with Crippen LogP contribution in [0.4, 0.5) is 5.95 Å². The molecule has 0 bridgehead atoms. The van der Waals surface area contributed by atoms with Crippen molar-refractivity contribution in [3.8, 4) is 11.5 Å². The lowest BCUT2D eigenvalue weighted by molar-refractivity contribution is -0.0247. The molecule has 2 N–H and O–H groups in total. The van der Waals surface area contributed by atoms with Gasteiger partial charge in [-0.3, -0.25) is 9.78 Å². The van der Waals surface area contributed by atoms with Crippen molar-refractivity contribution in [2.45, 2.75) is 19.4 Å². The van der Waals surface area contributed by atoms with Crippen LogP contribution in [0.1, 0.15) is 39.0 Å². The Morgan fingerprint density at radius 2 is 2.03 bits per heavy atom. The van der Waals surface area contributed by atoms with Gasteiger partial charge in [-0.05, 0) is 36.8 Å². The van der Waals surface area contributed by atoms with Gasteiger partial charge in [-0.25, -0.2) is 9.97 Å². The number of anilines is 1. The number of aromatic nitrogens is 3. The number of pyridine rings is 1. The minimum Gasteiger partial charge on any atom is -0.497 e. The predicted molar refractivity (Wildman–Crippen MR) is 122 cm³/mol. The van der Waals surface area contributed by atoms with Crippen molar-refractivity contribution in [2.24, 2.45) is 0 Å². The molecule has 0 saturated carbocycles. The molecule has 9 heteroatoms. The Hall–Kier alpha value is -3.72. The number of nitrogens with zero attached hydrogens (tertiary/aromatic N) is 4. The molecular weight excluding hydrogens is 422 g/mol. The van der Waals surface area contributed by atoms with Gasteiger partial charge in [-0.15, -0.1) is 0 Å². The van der Waals surface area contributed by atoms with Crippen LogP contribution in [-0.4, -0.2) is 59.7 Å². The molecule has 1 unspecified atom stereocenters. The van der Waals surface area contributed by atoms with Gasteiger partial charge in [0.25, 0.3) is 5.91 Å². The minimum atomic E-state index is -0.307. The third kappa shape index (κ3) is 5.04. The fourth-order valence-corrected chi connectivity index (χ4v) is 3.85. The van der Waals surface area contributed by atoms with E-state index in [9.17, 15) is 4.79 Å². The maximum atomic E-state index is 13.0. The van der Waals surface area contributed by atoms with Crippen molar-refractivity contribution in [1.29, 1.82) is 0 Å². The molecule has 172 valence electrons. The van der Waals surface area contributed by atoms with Gasteiger partial charge in [0.2, 0.25) is 5.95 Å². The highest BCUT2D eigenvalue weighted by atomic mass is 16.5. The lowest BCUT2D eigenvalue weighted by atomic mass is 10.0. The molecule has 0 radical (unpaired) electrons. The second-order valence-corrected chi connectivity index (χ2v) is 7.78. The monoisotopic (exact) mass is 449 g/mol. The van der Waals surface area contributed by atoms with Crippen LogP contribution in [0, 0.1) is 6.92 Å². The first-order valence-corrected chi connectivity index (χ1v) is 10.6. The number of rotatable bonds is 6. The highest BCUT2D eigenvalue weighted by Gasteiger charge is 2.28. The third-order valence-electron chi connectivity index (χ3n) is 5.64. The molecule has 1 atom stereocenters. The lowest BCUT2D eigenvalue weighted by Gasteiger charge is -2.33. The Morgan fingerprint density at radius 1 is 1.18 bits per heavy atom. The van der Waals surface area contributed by atoms with Crippen LogP contribution in [0.25, 0.3) is 0 Å². The van der Waals surface area contributed by atoms with E-state index in [2.05, 4.69) is 15.0 Å². The van der Waals surface area contributed by atoms with Crippen LogP contribution in [0.2, 0.25) is 0 Å². The van der Waals surface area contributed by atoms with Crippen molar-refractivity contribution in [2.75, 3.05) is 39.6 Å². The third-order valence-corrected chi connectivity index (χ3v) is 5.64. The van der Waals surface area contributed by atoms with Gasteiger partial charge in [0.15, 0.2) is 0 Å². The fourth-order valence-electron chi connectivity index (χ4n) is 3.85. The summed E-state index contributed by atoms with van der Waals surface area (Å²) >= 11 is 0. The topological polar surface area (TPSA) is 113 Å². The number of hydrogen-bond donors (Lipinski definition) is 1. The maximum absolute atomic E-state index is 13.0. The molecule has 1 aliphatic heterocycles. The first kappa shape index (κ1) is 22.5. The summed E-state index contributed by atoms with van der Waals surface area (Å²) in [5.41, 5.74) is 9.43. The van der Waals surface area contributed by atoms with E-state index in [0.29, 0.717) is 37.4 Å². The fraction of sp³-hybridized carbons (Fsp3) is 0.333. The molecule has 3 heterocycles. The Balaban J connectivity index is 1.46. The molecule has 1 aromatic carbocycles. The number of nitrogens with two attached hydrogens (primary N) is 1. The van der Waals surface area contributed by atoms with E-state index in [0.717, 1.165) is 28.3 Å². The Morgan fingerprint density at radius 3 is 2.73 bits per heavy atom. The van der Waals surface area contributed by atoms with Crippen LogP contribution < -0.4 is 15.2 Å². The molecule has 1 aliphatic rings. The van der Waals surface area contributed by atoms with Crippen LogP contribution in [0.5, 0.6) is 11.5 Å². The summed E-state index contributed by atoms with van der Waals surface area (Å²) in [6, 6.07) is 9.69. The molecule has 33 heavy (non-hydrogen) atoms. The number of morpholine rings is 1. The van der Waals surface area contributed by atoms with Crippen LogP contribution >= 0.6 is 0 Å². The predicted octanol–water partition coefficient (Wildman–Crippen LogP) is 2.58. The number of carbonyl (C=O) groups is 1. The molecule has 1 amide bonds. The molecule has 1 fully saturated rings. The number of nitrogen functional groups attached to an aromatic ring is 1. The molecule has 9 nitrogen and oxygen atoms in total. The van der Waals surface area contributed by atoms with Crippen molar-refractivity contribution in [1.82, 2.24) is 19.9 Å². The van der Waals surface area contributed by atoms with E-state index < -0.39 is 0 Å². The van der Waals surface area contributed by atoms with Gasteiger partial charge in [-0.2, -0.15) is 0 Å². The zero-order valence-corrected chi connectivity index (χ0v) is 18.9. The van der Waals surface area contributed by atoms with Gasteiger partial charge < -0.3 is 24.8 Å². The van der Waals surface area contributed by atoms with Crippen molar-refractivity contribution >= 4 is 11.9 Å². The Kier molecular flexibility index (Phi) is 6.69. The Bertz CT molecular complexity index is 1140. The first-order valence-electron chi connectivity index (χ1n) is 10.6. The second-order valence-electron chi connectivity index (χ2n) is 7.78. The number of methoxy groups -OCH3 is 2. The number of amides is 1. The molecule has 4 rings (SSSR count). The van der Waals surface area contributed by atoms with E-state index in [1.165, 1.54) is 6.20 Å². The number of hydrogen-bond acceptors (Lipinski definition) is 8. The summed E-state index contributed by atoms with van der Waals surface area (Å²) in [5.74, 6) is 1.59. The van der Waals surface area contributed by atoms with E-state index in [-0.39, 0.29) is 18.0 Å². The van der Waals surface area contributed by atoms with E-state index >= 15 is 0 Å². The smallest absolute Gasteiger partial charge is 0.257 e. The number of ether oxygens (including phenoxy) is 3. The summed E-state index contributed by atoms with van der Waals surface area (Å²) < 4.78 is 16.7. The maximum Gasteiger partial charge on any atom is 0.257 e. The number of carbonyl (C=O) groups excluding carboxylic acids is 1. The Labute approximate surface area is 192 Å². The van der Waals surface area contributed by atoms with Crippen LogP contribution in [0.3, 0.4) is 0 Å². The van der Waals surface area contributed by atoms with Crippen molar-refractivity contribution in [3.05, 3.63) is 70.8 Å². The summed E-state index contributed by atoms with van der Waals surface area (Å²) in [7, 11) is 3.29. The zero-order valence-electron chi connectivity index (χ0n) is 18.9. The molecule has 3 aromatic rings. The second kappa shape index (κ2) is 9.83. The van der Waals surface area contributed by atoms with Gasteiger partial charge in [0, 0.05) is 30.9 Å². The normalized spacial score (nSPS) is 15.8. The standard InChI is InChI=1S/C24H27N5O4/c1-15-19(13-27-24(25)28-15)23(30)29-8-9-33-22(14-29)20-6-4-16(12-26-20)10-17-11-18(31-2)5-7-21(17)32-3/h4-7,11-13,22H,8-10,14H2,1-3H3,(H2,25,27,28). The summed E-state index contributed by atoms with van der Waals surface area (Å²) in [4.78, 5) is 27.4. The first-order chi connectivity index (χ1) is 16.0. The largest absolute Gasteiger partial charge is 0.497 e. The summed E-state index contributed by atoms with van der Waals surface area (Å²) in [6.07, 6.45) is 3.65. The van der Waals surface area contributed by atoms with Gasteiger partial charge in [0.1, 0.15) is 17.6 Å². The lowest BCUT2D eigenvalue weighted by Crippen LogP contribution is -2.42. The molecular formula is C24H27N5O4. The molecule has 2 aromatic heterocycles.